The predicted octanol–water partition coefficient (Wildman–Crippen LogP) is 3.68. The van der Waals surface area contributed by atoms with Gasteiger partial charge in [-0.25, -0.2) is 0 Å². The monoisotopic (exact) mass is 413 g/mol. The van der Waals surface area contributed by atoms with Crippen molar-refractivity contribution in [1.29, 1.82) is 0 Å². The van der Waals surface area contributed by atoms with Crippen molar-refractivity contribution < 1.29 is 9.15 Å². The van der Waals surface area contributed by atoms with Crippen molar-refractivity contribution in [2.45, 2.75) is 56.4 Å². The maximum absolute atomic E-state index is 5.88. The number of nitrogens with zero attached hydrogens (tertiary/aromatic N) is 5. The Kier molecular flexibility index (Phi) is 6.63. The van der Waals surface area contributed by atoms with Crippen LogP contribution in [-0.4, -0.2) is 44.4 Å². The molecule has 0 bridgehead atoms. The first-order valence-electron chi connectivity index (χ1n) is 9.97. The predicted molar refractivity (Wildman–Crippen MR) is 111 cm³/mol. The van der Waals surface area contributed by atoms with Gasteiger partial charge in [-0.15, -0.1) is 10.2 Å². The molecule has 154 valence electrons. The van der Waals surface area contributed by atoms with Gasteiger partial charge in [-0.1, -0.05) is 17.8 Å². The van der Waals surface area contributed by atoms with Crippen LogP contribution in [0.4, 0.5) is 0 Å². The normalized spacial score (nSPS) is 16.7. The molecule has 4 heterocycles. The van der Waals surface area contributed by atoms with Crippen LogP contribution >= 0.6 is 11.8 Å². The highest BCUT2D eigenvalue weighted by atomic mass is 32.2. The zero-order valence-electron chi connectivity index (χ0n) is 17.0. The average Bonchev–Trinajstić information content (AvgIpc) is 3.45. The van der Waals surface area contributed by atoms with E-state index in [0.717, 1.165) is 66.5 Å². The molecule has 0 unspecified atom stereocenters. The minimum atomic E-state index is 0.233. The average molecular weight is 414 g/mol. The molecule has 1 saturated heterocycles. The standard InChI is InChI=1S/C21H27N5O2S/c1-16-8-9-19(28-16)12-25(2)14-20-23-24-21(26(20)13-18-7-5-11-27-18)29-15-17-6-3-4-10-22-17/h3-4,6,8-10,18H,5,7,11-15H2,1-2H3/t18-/m0/s1. The maximum Gasteiger partial charge on any atom is 0.191 e. The lowest BCUT2D eigenvalue weighted by molar-refractivity contribution is 0.0933. The summed E-state index contributed by atoms with van der Waals surface area (Å²) in [6.07, 6.45) is 4.26. The lowest BCUT2D eigenvalue weighted by Gasteiger charge is -2.18. The molecule has 29 heavy (non-hydrogen) atoms. The highest BCUT2D eigenvalue weighted by Gasteiger charge is 2.22. The number of rotatable bonds is 9. The van der Waals surface area contributed by atoms with E-state index in [4.69, 9.17) is 9.15 Å². The Morgan fingerprint density at radius 3 is 2.86 bits per heavy atom. The zero-order valence-corrected chi connectivity index (χ0v) is 17.8. The summed E-state index contributed by atoms with van der Waals surface area (Å²) in [7, 11) is 2.07. The van der Waals surface area contributed by atoms with Crippen LogP contribution in [0.3, 0.4) is 0 Å². The van der Waals surface area contributed by atoms with Crippen molar-refractivity contribution in [3.63, 3.8) is 0 Å². The van der Waals surface area contributed by atoms with Crippen molar-refractivity contribution in [2.24, 2.45) is 0 Å². The van der Waals surface area contributed by atoms with Crippen molar-refractivity contribution >= 4 is 11.8 Å². The number of ether oxygens (including phenoxy) is 1. The van der Waals surface area contributed by atoms with Gasteiger partial charge in [0.2, 0.25) is 0 Å². The van der Waals surface area contributed by atoms with Crippen LogP contribution in [0, 0.1) is 6.92 Å². The molecule has 1 fully saturated rings. The Hall–Kier alpha value is -2.16. The second-order valence-corrected chi connectivity index (χ2v) is 8.38. The minimum Gasteiger partial charge on any atom is -0.465 e. The van der Waals surface area contributed by atoms with E-state index in [1.54, 1.807) is 11.8 Å². The summed E-state index contributed by atoms with van der Waals surface area (Å²) >= 11 is 1.67. The Balaban J connectivity index is 1.46. The molecule has 1 atom stereocenters. The Morgan fingerprint density at radius 1 is 1.21 bits per heavy atom. The molecule has 3 aromatic heterocycles. The van der Waals surface area contributed by atoms with Gasteiger partial charge >= 0.3 is 0 Å². The van der Waals surface area contributed by atoms with Gasteiger partial charge in [-0.05, 0) is 51.1 Å². The minimum absolute atomic E-state index is 0.233. The molecule has 0 aromatic carbocycles. The molecular weight excluding hydrogens is 386 g/mol. The SMILES string of the molecule is Cc1ccc(CN(C)Cc2nnc(SCc3ccccn3)n2C[C@@H]2CCCO2)o1. The fourth-order valence-electron chi connectivity index (χ4n) is 3.47. The molecule has 1 aliphatic heterocycles. The van der Waals surface area contributed by atoms with Crippen LogP contribution in [-0.2, 0) is 30.1 Å². The molecule has 0 saturated carbocycles. The van der Waals surface area contributed by atoms with E-state index in [2.05, 4.69) is 31.7 Å². The van der Waals surface area contributed by atoms with E-state index in [1.165, 1.54) is 0 Å². The first kappa shape index (κ1) is 20.1. The molecule has 0 spiro atoms. The largest absolute Gasteiger partial charge is 0.465 e. The third kappa shape index (κ3) is 5.46. The molecular formula is C21H27N5O2S. The van der Waals surface area contributed by atoms with Crippen molar-refractivity contribution in [3.05, 3.63) is 59.6 Å². The van der Waals surface area contributed by atoms with E-state index in [-0.39, 0.29) is 6.10 Å². The third-order valence-corrected chi connectivity index (χ3v) is 5.91. The van der Waals surface area contributed by atoms with E-state index < -0.39 is 0 Å². The van der Waals surface area contributed by atoms with Crippen LogP contribution in [0.2, 0.25) is 0 Å². The van der Waals surface area contributed by atoms with Gasteiger partial charge in [-0.3, -0.25) is 9.88 Å². The smallest absolute Gasteiger partial charge is 0.191 e. The van der Waals surface area contributed by atoms with Crippen LogP contribution in [0.1, 0.15) is 35.9 Å². The van der Waals surface area contributed by atoms with Gasteiger partial charge in [0.1, 0.15) is 17.3 Å². The van der Waals surface area contributed by atoms with E-state index in [0.29, 0.717) is 6.54 Å². The summed E-state index contributed by atoms with van der Waals surface area (Å²) < 4.78 is 13.8. The summed E-state index contributed by atoms with van der Waals surface area (Å²) in [5, 5.41) is 9.90. The fraction of sp³-hybridized carbons (Fsp3) is 0.476. The van der Waals surface area contributed by atoms with Gasteiger partial charge in [-0.2, -0.15) is 0 Å². The van der Waals surface area contributed by atoms with Crippen molar-refractivity contribution in [3.8, 4) is 0 Å². The summed E-state index contributed by atoms with van der Waals surface area (Å²) in [6.45, 7) is 5.03. The summed E-state index contributed by atoms with van der Waals surface area (Å²) in [5.41, 5.74) is 1.04. The Morgan fingerprint density at radius 2 is 2.14 bits per heavy atom. The highest BCUT2D eigenvalue weighted by Crippen LogP contribution is 2.24. The third-order valence-electron chi connectivity index (χ3n) is 4.91. The summed E-state index contributed by atoms with van der Waals surface area (Å²) in [5.74, 6) is 3.62. The summed E-state index contributed by atoms with van der Waals surface area (Å²) in [4.78, 5) is 6.61. The molecule has 0 amide bonds. The van der Waals surface area contributed by atoms with Crippen molar-refractivity contribution in [2.75, 3.05) is 13.7 Å². The quantitative estimate of drug-likeness (QED) is 0.496. The summed E-state index contributed by atoms with van der Waals surface area (Å²) in [6, 6.07) is 10.00. The highest BCUT2D eigenvalue weighted by molar-refractivity contribution is 7.98. The van der Waals surface area contributed by atoms with E-state index >= 15 is 0 Å². The van der Waals surface area contributed by atoms with Gasteiger partial charge in [0, 0.05) is 18.6 Å². The molecule has 1 aliphatic rings. The van der Waals surface area contributed by atoms with Gasteiger partial charge in [0.15, 0.2) is 5.16 Å². The number of hydrogen-bond donors (Lipinski definition) is 0. The molecule has 8 heteroatoms. The second kappa shape index (κ2) is 9.56. The van der Waals surface area contributed by atoms with Crippen LogP contribution < -0.4 is 0 Å². The van der Waals surface area contributed by atoms with Crippen molar-refractivity contribution in [1.82, 2.24) is 24.6 Å². The number of pyridine rings is 1. The van der Waals surface area contributed by atoms with E-state index in [9.17, 15) is 0 Å². The maximum atomic E-state index is 5.88. The molecule has 7 nitrogen and oxygen atoms in total. The number of thioether (sulfide) groups is 1. The molecule has 3 aromatic rings. The van der Waals surface area contributed by atoms with Crippen LogP contribution in [0.5, 0.6) is 0 Å². The number of furan rings is 1. The Labute approximate surface area is 175 Å². The number of hydrogen-bond acceptors (Lipinski definition) is 7. The zero-order chi connectivity index (χ0) is 20.1. The fourth-order valence-corrected chi connectivity index (χ4v) is 4.36. The molecule has 0 radical (unpaired) electrons. The first-order chi connectivity index (χ1) is 14.2. The molecule has 4 rings (SSSR count). The lowest BCUT2D eigenvalue weighted by atomic mass is 10.2. The van der Waals surface area contributed by atoms with Crippen LogP contribution in [0.15, 0.2) is 46.1 Å². The number of aryl methyl sites for hydroxylation is 1. The topological polar surface area (TPSA) is 69.2 Å². The lowest BCUT2D eigenvalue weighted by Crippen LogP contribution is -2.23. The van der Waals surface area contributed by atoms with Crippen LogP contribution in [0.25, 0.3) is 0 Å². The van der Waals surface area contributed by atoms with Gasteiger partial charge < -0.3 is 13.7 Å². The first-order valence-corrected chi connectivity index (χ1v) is 11.0. The van der Waals surface area contributed by atoms with Gasteiger partial charge in [0.25, 0.3) is 0 Å². The number of aromatic nitrogens is 4. The Bertz CT molecular complexity index is 905. The molecule has 0 aliphatic carbocycles. The second-order valence-electron chi connectivity index (χ2n) is 7.44. The van der Waals surface area contributed by atoms with E-state index in [1.807, 2.05) is 43.5 Å². The van der Waals surface area contributed by atoms with Gasteiger partial charge in [0.05, 0.1) is 31.4 Å². The molecule has 0 N–H and O–H groups in total.